The summed E-state index contributed by atoms with van der Waals surface area (Å²) in [7, 11) is 1.63. The Labute approximate surface area is 178 Å². The molecule has 2 aromatic rings. The zero-order valence-corrected chi connectivity index (χ0v) is 17.8. The fraction of sp³-hybridized carbons (Fsp3) is 0.417. The van der Waals surface area contributed by atoms with Crippen molar-refractivity contribution < 1.29 is 14.3 Å². The molecule has 0 radical (unpaired) electrons. The van der Waals surface area contributed by atoms with E-state index in [1.807, 2.05) is 54.3 Å². The number of urea groups is 1. The number of carbonyl (C=O) groups is 2. The maximum atomic E-state index is 12.8. The third-order valence-electron chi connectivity index (χ3n) is 5.85. The SMILES string of the molecule is COc1ccc(CNC(=O)C2(C)CCN(C(=O)NCCc3ccccc3)CC2)cc1. The Bertz CT molecular complexity index is 829. The van der Waals surface area contributed by atoms with Crippen LogP contribution in [0.3, 0.4) is 0 Å². The second-order valence-electron chi connectivity index (χ2n) is 8.05. The number of piperidine rings is 1. The van der Waals surface area contributed by atoms with Gasteiger partial charge in [-0.3, -0.25) is 4.79 Å². The van der Waals surface area contributed by atoms with Gasteiger partial charge in [0, 0.05) is 31.6 Å². The Kier molecular flexibility index (Phi) is 7.33. The largest absolute Gasteiger partial charge is 0.497 e. The van der Waals surface area contributed by atoms with E-state index in [0.29, 0.717) is 39.0 Å². The number of likely N-dealkylation sites (tertiary alicyclic amines) is 1. The van der Waals surface area contributed by atoms with Gasteiger partial charge in [0.05, 0.1) is 7.11 Å². The first-order chi connectivity index (χ1) is 14.5. The topological polar surface area (TPSA) is 70.7 Å². The van der Waals surface area contributed by atoms with E-state index < -0.39 is 5.41 Å². The summed E-state index contributed by atoms with van der Waals surface area (Å²) in [6.07, 6.45) is 2.13. The van der Waals surface area contributed by atoms with Crippen LogP contribution in [0.25, 0.3) is 0 Å². The number of nitrogens with zero attached hydrogens (tertiary/aromatic N) is 1. The molecule has 1 aliphatic rings. The molecule has 0 bridgehead atoms. The molecule has 0 aliphatic carbocycles. The molecule has 0 unspecified atom stereocenters. The number of methoxy groups -OCH3 is 1. The van der Waals surface area contributed by atoms with Crippen molar-refractivity contribution in [3.63, 3.8) is 0 Å². The fourth-order valence-corrected chi connectivity index (χ4v) is 3.64. The molecule has 3 rings (SSSR count). The summed E-state index contributed by atoms with van der Waals surface area (Å²) in [5.74, 6) is 0.842. The molecule has 2 N–H and O–H groups in total. The summed E-state index contributed by atoms with van der Waals surface area (Å²) in [5.41, 5.74) is 1.79. The van der Waals surface area contributed by atoms with Crippen molar-refractivity contribution in [2.45, 2.75) is 32.7 Å². The quantitative estimate of drug-likeness (QED) is 0.737. The second kappa shape index (κ2) is 10.1. The molecular weight excluding hydrogens is 378 g/mol. The van der Waals surface area contributed by atoms with Crippen LogP contribution >= 0.6 is 0 Å². The van der Waals surface area contributed by atoms with Gasteiger partial charge in [-0.2, -0.15) is 0 Å². The van der Waals surface area contributed by atoms with Crippen LogP contribution in [0.15, 0.2) is 54.6 Å². The summed E-state index contributed by atoms with van der Waals surface area (Å²) in [4.78, 5) is 27.0. The van der Waals surface area contributed by atoms with E-state index in [0.717, 1.165) is 17.7 Å². The van der Waals surface area contributed by atoms with E-state index in [9.17, 15) is 9.59 Å². The molecule has 1 saturated heterocycles. The van der Waals surface area contributed by atoms with Crippen molar-refractivity contribution in [3.05, 3.63) is 65.7 Å². The molecule has 6 nitrogen and oxygen atoms in total. The molecule has 2 aromatic carbocycles. The maximum Gasteiger partial charge on any atom is 0.317 e. The zero-order chi connectivity index (χ0) is 21.4. The van der Waals surface area contributed by atoms with Crippen LogP contribution in [-0.2, 0) is 17.8 Å². The molecule has 0 saturated carbocycles. The van der Waals surface area contributed by atoms with Gasteiger partial charge in [-0.15, -0.1) is 0 Å². The Morgan fingerprint density at radius 2 is 1.63 bits per heavy atom. The fourth-order valence-electron chi connectivity index (χ4n) is 3.64. The number of amides is 3. The molecule has 0 aromatic heterocycles. The van der Waals surface area contributed by atoms with Gasteiger partial charge in [0.2, 0.25) is 5.91 Å². The molecular formula is C24H31N3O3. The molecule has 1 heterocycles. The third kappa shape index (κ3) is 5.75. The van der Waals surface area contributed by atoms with E-state index in [2.05, 4.69) is 22.8 Å². The highest BCUT2D eigenvalue weighted by Gasteiger charge is 2.37. The molecule has 1 fully saturated rings. The van der Waals surface area contributed by atoms with Crippen molar-refractivity contribution in [1.29, 1.82) is 0 Å². The first-order valence-corrected chi connectivity index (χ1v) is 10.5. The summed E-state index contributed by atoms with van der Waals surface area (Å²) < 4.78 is 5.16. The van der Waals surface area contributed by atoms with Crippen LogP contribution in [0.5, 0.6) is 5.75 Å². The Morgan fingerprint density at radius 1 is 0.967 bits per heavy atom. The molecule has 160 valence electrons. The Hall–Kier alpha value is -3.02. The molecule has 0 spiro atoms. The highest BCUT2D eigenvalue weighted by atomic mass is 16.5. The highest BCUT2D eigenvalue weighted by Crippen LogP contribution is 2.31. The molecule has 0 atom stereocenters. The molecule has 30 heavy (non-hydrogen) atoms. The normalized spacial score (nSPS) is 15.3. The summed E-state index contributed by atoms with van der Waals surface area (Å²) in [6, 6.07) is 17.7. The lowest BCUT2D eigenvalue weighted by Gasteiger charge is -2.38. The minimum atomic E-state index is -0.451. The first kappa shape index (κ1) is 21.7. The Balaban J connectivity index is 1.41. The lowest BCUT2D eigenvalue weighted by Crippen LogP contribution is -2.51. The summed E-state index contributed by atoms with van der Waals surface area (Å²) in [5, 5.41) is 6.03. The lowest BCUT2D eigenvalue weighted by molar-refractivity contribution is -0.132. The second-order valence-corrected chi connectivity index (χ2v) is 8.05. The Morgan fingerprint density at radius 3 is 2.27 bits per heavy atom. The van der Waals surface area contributed by atoms with Gasteiger partial charge < -0.3 is 20.3 Å². The molecule has 1 aliphatic heterocycles. The standard InChI is InChI=1S/C24H31N3O3/c1-24(22(28)26-18-20-8-10-21(30-2)11-9-20)13-16-27(17-14-24)23(29)25-15-12-19-6-4-3-5-7-19/h3-11H,12-18H2,1-2H3,(H,25,29)(H,26,28). The smallest absolute Gasteiger partial charge is 0.317 e. The number of rotatable bonds is 7. The van der Waals surface area contributed by atoms with Gasteiger partial charge in [0.15, 0.2) is 0 Å². The van der Waals surface area contributed by atoms with Crippen LogP contribution in [-0.4, -0.2) is 43.6 Å². The van der Waals surface area contributed by atoms with Gasteiger partial charge >= 0.3 is 6.03 Å². The third-order valence-corrected chi connectivity index (χ3v) is 5.85. The van der Waals surface area contributed by atoms with Crippen LogP contribution in [0.4, 0.5) is 4.79 Å². The average Bonchev–Trinajstić information content (AvgIpc) is 2.79. The summed E-state index contributed by atoms with van der Waals surface area (Å²) >= 11 is 0. The van der Waals surface area contributed by atoms with Crippen molar-refractivity contribution in [1.82, 2.24) is 15.5 Å². The van der Waals surface area contributed by atoms with Crippen LogP contribution in [0.2, 0.25) is 0 Å². The predicted molar refractivity (Wildman–Crippen MR) is 117 cm³/mol. The minimum Gasteiger partial charge on any atom is -0.497 e. The van der Waals surface area contributed by atoms with E-state index in [1.54, 1.807) is 7.11 Å². The molecule has 6 heteroatoms. The van der Waals surface area contributed by atoms with Crippen molar-refractivity contribution in [3.8, 4) is 5.75 Å². The monoisotopic (exact) mass is 409 g/mol. The van der Waals surface area contributed by atoms with E-state index in [1.165, 1.54) is 5.56 Å². The van der Waals surface area contributed by atoms with E-state index >= 15 is 0 Å². The predicted octanol–water partition coefficient (Wildman–Crippen LogP) is 3.37. The number of hydrogen-bond donors (Lipinski definition) is 2. The molecule has 3 amide bonds. The van der Waals surface area contributed by atoms with Crippen LogP contribution in [0.1, 0.15) is 30.9 Å². The van der Waals surface area contributed by atoms with Gasteiger partial charge in [0.1, 0.15) is 5.75 Å². The number of benzene rings is 2. The first-order valence-electron chi connectivity index (χ1n) is 10.5. The van der Waals surface area contributed by atoms with Gasteiger partial charge in [-0.25, -0.2) is 4.79 Å². The summed E-state index contributed by atoms with van der Waals surface area (Å²) in [6.45, 7) is 4.26. The highest BCUT2D eigenvalue weighted by molar-refractivity contribution is 5.83. The maximum absolute atomic E-state index is 12.8. The van der Waals surface area contributed by atoms with Crippen molar-refractivity contribution >= 4 is 11.9 Å². The number of ether oxygens (including phenoxy) is 1. The van der Waals surface area contributed by atoms with Gasteiger partial charge in [-0.05, 0) is 42.5 Å². The number of carbonyl (C=O) groups excluding carboxylic acids is 2. The number of nitrogens with one attached hydrogen (secondary N) is 2. The van der Waals surface area contributed by atoms with Crippen molar-refractivity contribution in [2.75, 3.05) is 26.7 Å². The van der Waals surface area contributed by atoms with Crippen LogP contribution < -0.4 is 15.4 Å². The van der Waals surface area contributed by atoms with Crippen LogP contribution in [0, 0.1) is 5.41 Å². The zero-order valence-electron chi connectivity index (χ0n) is 17.8. The van der Waals surface area contributed by atoms with Gasteiger partial charge in [0.25, 0.3) is 0 Å². The minimum absolute atomic E-state index is 0.0439. The lowest BCUT2D eigenvalue weighted by atomic mass is 9.79. The van der Waals surface area contributed by atoms with Gasteiger partial charge in [-0.1, -0.05) is 49.4 Å². The number of hydrogen-bond acceptors (Lipinski definition) is 3. The van der Waals surface area contributed by atoms with E-state index in [4.69, 9.17) is 4.74 Å². The average molecular weight is 410 g/mol. The van der Waals surface area contributed by atoms with E-state index in [-0.39, 0.29) is 11.9 Å². The van der Waals surface area contributed by atoms with Crippen molar-refractivity contribution in [2.24, 2.45) is 5.41 Å².